The molecule has 5 heteroatoms. The molecule has 0 saturated heterocycles. The maximum absolute atomic E-state index is 12.3. The standard InChI is InChI=1S/C13H17NO4/c1-13(18-3,10-7-5-4-6-8-10)12(17)14(2)9-11(15)16/h4-8H,9H2,1-3H3,(H,15,16). The molecule has 0 aliphatic rings. The molecule has 0 aromatic heterocycles. The largest absolute Gasteiger partial charge is 0.480 e. The number of methoxy groups -OCH3 is 1. The number of hydrogen-bond acceptors (Lipinski definition) is 3. The number of carbonyl (C=O) groups excluding carboxylic acids is 1. The van der Waals surface area contributed by atoms with Gasteiger partial charge in [0.25, 0.3) is 5.91 Å². The monoisotopic (exact) mass is 251 g/mol. The summed E-state index contributed by atoms with van der Waals surface area (Å²) in [6, 6.07) is 8.99. The van der Waals surface area contributed by atoms with E-state index in [1.54, 1.807) is 31.2 Å². The van der Waals surface area contributed by atoms with Crippen LogP contribution in [0.4, 0.5) is 0 Å². The van der Waals surface area contributed by atoms with E-state index in [-0.39, 0.29) is 6.54 Å². The van der Waals surface area contributed by atoms with Crippen molar-refractivity contribution in [3.05, 3.63) is 35.9 Å². The van der Waals surface area contributed by atoms with Crippen LogP contribution in [0.1, 0.15) is 12.5 Å². The summed E-state index contributed by atoms with van der Waals surface area (Å²) in [5.74, 6) is -1.45. The Morgan fingerprint density at radius 3 is 2.33 bits per heavy atom. The predicted molar refractivity (Wildman–Crippen MR) is 66.1 cm³/mol. The Bertz CT molecular complexity index is 432. The zero-order chi connectivity index (χ0) is 13.8. The van der Waals surface area contributed by atoms with Crippen molar-refractivity contribution in [3.63, 3.8) is 0 Å². The molecule has 1 aromatic rings. The summed E-state index contributed by atoms with van der Waals surface area (Å²) in [5, 5.41) is 8.71. The van der Waals surface area contributed by atoms with Gasteiger partial charge in [-0.15, -0.1) is 0 Å². The lowest BCUT2D eigenvalue weighted by atomic mass is 9.94. The summed E-state index contributed by atoms with van der Waals surface area (Å²) in [5.41, 5.74) is -0.486. The third-order valence-corrected chi connectivity index (χ3v) is 2.86. The molecule has 98 valence electrons. The van der Waals surface area contributed by atoms with Crippen molar-refractivity contribution in [2.24, 2.45) is 0 Å². The minimum Gasteiger partial charge on any atom is -0.480 e. The van der Waals surface area contributed by atoms with E-state index >= 15 is 0 Å². The summed E-state index contributed by atoms with van der Waals surface area (Å²) >= 11 is 0. The number of rotatable bonds is 5. The average molecular weight is 251 g/mol. The van der Waals surface area contributed by atoms with E-state index in [0.717, 1.165) is 4.90 Å². The first kappa shape index (κ1) is 14.2. The van der Waals surface area contributed by atoms with Gasteiger partial charge in [0, 0.05) is 14.2 Å². The lowest BCUT2D eigenvalue weighted by Gasteiger charge is -2.31. The molecule has 5 nitrogen and oxygen atoms in total. The number of carboxylic acids is 1. The molecule has 0 bridgehead atoms. The number of carboxylic acid groups (broad SMARTS) is 1. The molecule has 1 aromatic carbocycles. The summed E-state index contributed by atoms with van der Waals surface area (Å²) in [6.45, 7) is 1.27. The number of carbonyl (C=O) groups is 2. The number of benzene rings is 1. The van der Waals surface area contributed by atoms with Gasteiger partial charge in [0.15, 0.2) is 5.60 Å². The Balaban J connectivity index is 3.01. The van der Waals surface area contributed by atoms with E-state index in [4.69, 9.17) is 9.84 Å². The molecule has 0 saturated carbocycles. The van der Waals surface area contributed by atoms with Crippen LogP contribution in [-0.4, -0.2) is 42.6 Å². The maximum atomic E-state index is 12.3. The van der Waals surface area contributed by atoms with E-state index in [1.165, 1.54) is 14.2 Å². The SMILES string of the molecule is COC(C)(C(=O)N(C)CC(=O)O)c1ccccc1. The summed E-state index contributed by atoms with van der Waals surface area (Å²) in [6.07, 6.45) is 0. The molecule has 1 amide bonds. The molecule has 1 rings (SSSR count). The fourth-order valence-corrected chi connectivity index (χ4v) is 1.72. The molecule has 0 fully saturated rings. The molecule has 1 unspecified atom stereocenters. The maximum Gasteiger partial charge on any atom is 0.323 e. The van der Waals surface area contributed by atoms with E-state index in [0.29, 0.717) is 5.56 Å². The van der Waals surface area contributed by atoms with Gasteiger partial charge in [0.1, 0.15) is 6.54 Å². The van der Waals surface area contributed by atoms with Crippen LogP contribution >= 0.6 is 0 Å². The van der Waals surface area contributed by atoms with Crippen molar-refractivity contribution in [1.82, 2.24) is 4.90 Å². The summed E-state index contributed by atoms with van der Waals surface area (Å²) in [7, 11) is 2.87. The van der Waals surface area contributed by atoms with Gasteiger partial charge in [0.2, 0.25) is 0 Å². The van der Waals surface area contributed by atoms with Crippen molar-refractivity contribution in [2.75, 3.05) is 20.7 Å². The number of likely N-dealkylation sites (N-methyl/N-ethyl adjacent to an activating group) is 1. The summed E-state index contributed by atoms with van der Waals surface area (Å²) < 4.78 is 5.30. The molecule has 0 aliphatic carbocycles. The van der Waals surface area contributed by atoms with Gasteiger partial charge in [-0.2, -0.15) is 0 Å². The molecular weight excluding hydrogens is 234 g/mol. The van der Waals surface area contributed by atoms with E-state index < -0.39 is 17.5 Å². The van der Waals surface area contributed by atoms with Gasteiger partial charge in [-0.25, -0.2) is 0 Å². The van der Waals surface area contributed by atoms with Crippen molar-refractivity contribution in [1.29, 1.82) is 0 Å². The molecule has 0 aliphatic heterocycles. The van der Waals surface area contributed by atoms with Gasteiger partial charge in [-0.05, 0) is 12.5 Å². The molecule has 1 atom stereocenters. The quantitative estimate of drug-likeness (QED) is 0.850. The fraction of sp³-hybridized carbons (Fsp3) is 0.385. The number of aliphatic carboxylic acids is 1. The van der Waals surface area contributed by atoms with Crippen LogP contribution in [-0.2, 0) is 19.9 Å². The zero-order valence-corrected chi connectivity index (χ0v) is 10.7. The van der Waals surface area contributed by atoms with E-state index in [9.17, 15) is 9.59 Å². The topological polar surface area (TPSA) is 66.8 Å². The smallest absolute Gasteiger partial charge is 0.323 e. The second kappa shape index (κ2) is 5.64. The normalized spacial score (nSPS) is 13.7. The first-order chi connectivity index (χ1) is 8.41. The third-order valence-electron chi connectivity index (χ3n) is 2.86. The van der Waals surface area contributed by atoms with Crippen molar-refractivity contribution >= 4 is 11.9 Å². The number of hydrogen-bond donors (Lipinski definition) is 1. The zero-order valence-electron chi connectivity index (χ0n) is 10.7. The van der Waals surface area contributed by atoms with Crippen LogP contribution in [0.5, 0.6) is 0 Å². The van der Waals surface area contributed by atoms with Crippen molar-refractivity contribution in [2.45, 2.75) is 12.5 Å². The second-order valence-electron chi connectivity index (χ2n) is 4.16. The predicted octanol–water partition coefficient (Wildman–Crippen LogP) is 1.09. The minimum atomic E-state index is -1.18. The van der Waals surface area contributed by atoms with Crippen LogP contribution in [0.3, 0.4) is 0 Å². The highest BCUT2D eigenvalue weighted by Gasteiger charge is 2.37. The van der Waals surface area contributed by atoms with E-state index in [2.05, 4.69) is 0 Å². The van der Waals surface area contributed by atoms with Crippen molar-refractivity contribution < 1.29 is 19.4 Å². The first-order valence-electron chi connectivity index (χ1n) is 5.50. The molecular formula is C13H17NO4. The molecule has 0 spiro atoms. The van der Waals surface area contributed by atoms with Crippen LogP contribution < -0.4 is 0 Å². The van der Waals surface area contributed by atoms with Gasteiger partial charge >= 0.3 is 5.97 Å². The molecule has 1 N–H and O–H groups in total. The second-order valence-corrected chi connectivity index (χ2v) is 4.16. The Labute approximate surface area is 106 Å². The summed E-state index contributed by atoms with van der Waals surface area (Å²) in [4.78, 5) is 24.0. The van der Waals surface area contributed by atoms with E-state index in [1.807, 2.05) is 6.07 Å². The highest BCUT2D eigenvalue weighted by molar-refractivity contribution is 5.88. The van der Waals surface area contributed by atoms with Crippen LogP contribution in [0.25, 0.3) is 0 Å². The lowest BCUT2D eigenvalue weighted by Crippen LogP contribution is -2.46. The van der Waals surface area contributed by atoms with Crippen molar-refractivity contribution in [3.8, 4) is 0 Å². The van der Waals surface area contributed by atoms with Crippen LogP contribution in [0, 0.1) is 0 Å². The Morgan fingerprint density at radius 2 is 1.89 bits per heavy atom. The highest BCUT2D eigenvalue weighted by Crippen LogP contribution is 2.26. The van der Waals surface area contributed by atoms with Gasteiger partial charge in [0.05, 0.1) is 0 Å². The average Bonchev–Trinajstić information content (AvgIpc) is 2.37. The molecule has 18 heavy (non-hydrogen) atoms. The number of ether oxygens (including phenoxy) is 1. The Hall–Kier alpha value is -1.88. The fourth-order valence-electron chi connectivity index (χ4n) is 1.72. The van der Waals surface area contributed by atoms with Crippen LogP contribution in [0.2, 0.25) is 0 Å². The van der Waals surface area contributed by atoms with Gasteiger partial charge in [-0.3, -0.25) is 9.59 Å². The minimum absolute atomic E-state index is 0.357. The highest BCUT2D eigenvalue weighted by atomic mass is 16.5. The molecule has 0 radical (unpaired) electrons. The Morgan fingerprint density at radius 1 is 1.33 bits per heavy atom. The number of nitrogens with zero attached hydrogens (tertiary/aromatic N) is 1. The first-order valence-corrected chi connectivity index (χ1v) is 5.50. The Kier molecular flexibility index (Phi) is 4.44. The molecule has 0 heterocycles. The third kappa shape index (κ3) is 2.87. The van der Waals surface area contributed by atoms with Crippen LogP contribution in [0.15, 0.2) is 30.3 Å². The number of amides is 1. The van der Waals surface area contributed by atoms with Gasteiger partial charge < -0.3 is 14.7 Å². The lowest BCUT2D eigenvalue weighted by molar-refractivity contribution is -0.157. The van der Waals surface area contributed by atoms with Gasteiger partial charge in [-0.1, -0.05) is 30.3 Å².